The molecule has 1 fully saturated rings. The van der Waals surface area contributed by atoms with E-state index in [9.17, 15) is 13.2 Å². The molecule has 2 rings (SSSR count). The van der Waals surface area contributed by atoms with Crippen LogP contribution in [0.25, 0.3) is 0 Å². The van der Waals surface area contributed by atoms with E-state index in [2.05, 4.69) is 6.92 Å². The van der Waals surface area contributed by atoms with Crippen molar-refractivity contribution in [3.63, 3.8) is 0 Å². The minimum absolute atomic E-state index is 0.101. The molecule has 0 unspecified atom stereocenters. The molecule has 0 spiro atoms. The number of rotatable bonds is 5. The molecule has 0 N–H and O–H groups in total. The van der Waals surface area contributed by atoms with Crippen molar-refractivity contribution < 1.29 is 22.7 Å². The zero-order valence-corrected chi connectivity index (χ0v) is 13.8. The van der Waals surface area contributed by atoms with Gasteiger partial charge in [-0.15, -0.1) is 0 Å². The van der Waals surface area contributed by atoms with E-state index in [0.29, 0.717) is 5.92 Å². The van der Waals surface area contributed by atoms with E-state index < -0.39 is 15.8 Å². The van der Waals surface area contributed by atoms with Gasteiger partial charge in [-0.05, 0) is 37.0 Å². The van der Waals surface area contributed by atoms with Gasteiger partial charge >= 0.3 is 5.97 Å². The van der Waals surface area contributed by atoms with Crippen LogP contribution in [0.5, 0.6) is 5.75 Å². The van der Waals surface area contributed by atoms with Crippen LogP contribution in [0.2, 0.25) is 0 Å². The van der Waals surface area contributed by atoms with E-state index in [0.717, 1.165) is 25.5 Å². The molecule has 5 nitrogen and oxygen atoms in total. The lowest BCUT2D eigenvalue weighted by atomic mass is 9.88. The highest BCUT2D eigenvalue weighted by atomic mass is 32.2. The van der Waals surface area contributed by atoms with Gasteiger partial charge in [0.25, 0.3) is 0 Å². The Bertz CT molecular complexity index is 623. The summed E-state index contributed by atoms with van der Waals surface area (Å²) >= 11 is 0. The lowest BCUT2D eigenvalue weighted by Crippen LogP contribution is -2.29. The maximum atomic E-state index is 11.8. The van der Waals surface area contributed by atoms with E-state index in [1.807, 2.05) is 0 Å². The lowest BCUT2D eigenvalue weighted by molar-refractivity contribution is -0.143. The summed E-state index contributed by atoms with van der Waals surface area (Å²) < 4.78 is 33.7. The number of carbonyl (C=O) groups excluding carboxylic acids is 1. The van der Waals surface area contributed by atoms with Crippen LogP contribution in [-0.2, 0) is 19.4 Å². The molecule has 0 bridgehead atoms. The molecular weight excluding hydrogens is 304 g/mol. The molecule has 0 aromatic heterocycles. The quantitative estimate of drug-likeness (QED) is 0.614. The van der Waals surface area contributed by atoms with Gasteiger partial charge < -0.3 is 9.47 Å². The summed E-state index contributed by atoms with van der Waals surface area (Å²) in [6.45, 7) is 2.02. The normalized spacial score (nSPS) is 22.3. The molecule has 0 saturated heterocycles. The Morgan fingerprint density at radius 2 is 2.00 bits per heavy atom. The first-order valence-electron chi connectivity index (χ1n) is 7.48. The van der Waals surface area contributed by atoms with Gasteiger partial charge in [-0.2, -0.15) is 0 Å². The van der Waals surface area contributed by atoms with Gasteiger partial charge in [-0.25, -0.2) is 13.2 Å². The van der Waals surface area contributed by atoms with E-state index in [-0.39, 0.29) is 23.4 Å². The average molecular weight is 326 g/mol. The Morgan fingerprint density at radius 3 is 2.68 bits per heavy atom. The molecule has 0 heterocycles. The van der Waals surface area contributed by atoms with Crippen LogP contribution in [0, 0.1) is 5.92 Å². The second-order valence-electron chi connectivity index (χ2n) is 5.83. The number of ether oxygens (including phenoxy) is 2. The van der Waals surface area contributed by atoms with Crippen LogP contribution in [-0.4, -0.2) is 33.4 Å². The maximum absolute atomic E-state index is 11.8. The molecular formula is C16H22O5S. The standard InChI is InChI=1S/C16H22O5S/c1-12-6-3-4-9-15(12)20-11-16(17)21-13-7-5-8-14(10-13)22(2,18)19/h5,7-8,10,12,15H,3-4,6,9,11H2,1-2H3/t12-,15-/m1/s1. The highest BCUT2D eigenvalue weighted by molar-refractivity contribution is 7.90. The molecule has 1 aromatic carbocycles. The molecule has 1 aliphatic rings. The Balaban J connectivity index is 1.89. The molecule has 1 aromatic rings. The Kier molecular flexibility index (Phi) is 5.58. The third kappa shape index (κ3) is 4.81. The largest absolute Gasteiger partial charge is 0.425 e. The number of hydrogen-bond donors (Lipinski definition) is 0. The van der Waals surface area contributed by atoms with Gasteiger partial charge in [0.05, 0.1) is 11.0 Å². The fraction of sp³-hybridized carbons (Fsp3) is 0.562. The van der Waals surface area contributed by atoms with Crippen molar-refractivity contribution in [3.05, 3.63) is 24.3 Å². The van der Waals surface area contributed by atoms with Crippen LogP contribution in [0.15, 0.2) is 29.2 Å². The van der Waals surface area contributed by atoms with Crippen LogP contribution in [0.4, 0.5) is 0 Å². The Labute approximate surface area is 131 Å². The molecule has 1 saturated carbocycles. The van der Waals surface area contributed by atoms with Crippen LogP contribution >= 0.6 is 0 Å². The molecule has 6 heteroatoms. The molecule has 22 heavy (non-hydrogen) atoms. The first-order chi connectivity index (χ1) is 10.4. The summed E-state index contributed by atoms with van der Waals surface area (Å²) in [4.78, 5) is 12.0. The van der Waals surface area contributed by atoms with Gasteiger partial charge in [0, 0.05) is 6.26 Å². The Hall–Kier alpha value is -1.40. The topological polar surface area (TPSA) is 69.7 Å². The van der Waals surface area contributed by atoms with Gasteiger partial charge in [-0.1, -0.05) is 25.8 Å². The van der Waals surface area contributed by atoms with Crippen molar-refractivity contribution in [1.29, 1.82) is 0 Å². The summed E-state index contributed by atoms with van der Waals surface area (Å²) in [5.74, 6) is 0.159. The van der Waals surface area contributed by atoms with Gasteiger partial charge in [-0.3, -0.25) is 0 Å². The Morgan fingerprint density at radius 1 is 1.27 bits per heavy atom. The molecule has 0 aliphatic heterocycles. The van der Waals surface area contributed by atoms with Gasteiger partial charge in [0.15, 0.2) is 9.84 Å². The smallest absolute Gasteiger partial charge is 0.337 e. The average Bonchev–Trinajstić information content (AvgIpc) is 2.46. The first kappa shape index (κ1) is 17.0. The third-order valence-corrected chi connectivity index (χ3v) is 5.02. The van der Waals surface area contributed by atoms with Crippen LogP contribution < -0.4 is 4.74 Å². The monoisotopic (exact) mass is 326 g/mol. The summed E-state index contributed by atoms with van der Waals surface area (Å²) in [6, 6.07) is 5.90. The molecule has 0 radical (unpaired) electrons. The SMILES string of the molecule is C[C@@H]1CCCC[C@H]1OCC(=O)Oc1cccc(S(C)(=O)=O)c1. The number of benzene rings is 1. The van der Waals surface area contributed by atoms with Crippen LogP contribution in [0.3, 0.4) is 0 Å². The number of carbonyl (C=O) groups is 1. The summed E-state index contributed by atoms with van der Waals surface area (Å²) in [5.41, 5.74) is 0. The minimum atomic E-state index is -3.32. The van der Waals surface area contributed by atoms with Gasteiger partial charge in [0.1, 0.15) is 12.4 Å². The summed E-state index contributed by atoms with van der Waals surface area (Å²) in [6.07, 6.45) is 5.64. The fourth-order valence-electron chi connectivity index (χ4n) is 2.63. The number of hydrogen-bond acceptors (Lipinski definition) is 5. The zero-order chi connectivity index (χ0) is 16.2. The third-order valence-electron chi connectivity index (χ3n) is 3.91. The number of esters is 1. The van der Waals surface area contributed by atoms with Crippen molar-refractivity contribution in [3.8, 4) is 5.75 Å². The molecule has 122 valence electrons. The van der Waals surface area contributed by atoms with Crippen LogP contribution in [0.1, 0.15) is 32.6 Å². The van der Waals surface area contributed by atoms with Crippen molar-refractivity contribution in [2.75, 3.05) is 12.9 Å². The maximum Gasteiger partial charge on any atom is 0.337 e. The van der Waals surface area contributed by atoms with Crippen molar-refractivity contribution in [2.24, 2.45) is 5.92 Å². The van der Waals surface area contributed by atoms with Crippen molar-refractivity contribution in [1.82, 2.24) is 0 Å². The minimum Gasteiger partial charge on any atom is -0.425 e. The van der Waals surface area contributed by atoms with E-state index in [1.54, 1.807) is 12.1 Å². The molecule has 2 atom stereocenters. The predicted octanol–water partition coefficient (Wildman–Crippen LogP) is 2.59. The zero-order valence-electron chi connectivity index (χ0n) is 12.9. The molecule has 1 aliphatic carbocycles. The van der Waals surface area contributed by atoms with E-state index in [4.69, 9.17) is 9.47 Å². The lowest BCUT2D eigenvalue weighted by Gasteiger charge is -2.28. The first-order valence-corrected chi connectivity index (χ1v) is 9.38. The predicted molar refractivity (Wildman–Crippen MR) is 82.6 cm³/mol. The fourth-order valence-corrected chi connectivity index (χ4v) is 3.29. The second-order valence-corrected chi connectivity index (χ2v) is 7.85. The highest BCUT2D eigenvalue weighted by Gasteiger charge is 2.23. The van der Waals surface area contributed by atoms with Crippen molar-refractivity contribution in [2.45, 2.75) is 43.6 Å². The second kappa shape index (κ2) is 7.24. The number of sulfone groups is 1. The summed E-state index contributed by atoms with van der Waals surface area (Å²) in [7, 11) is -3.32. The summed E-state index contributed by atoms with van der Waals surface area (Å²) in [5, 5.41) is 0. The molecule has 0 amide bonds. The highest BCUT2D eigenvalue weighted by Crippen LogP contribution is 2.26. The van der Waals surface area contributed by atoms with E-state index >= 15 is 0 Å². The van der Waals surface area contributed by atoms with E-state index in [1.165, 1.54) is 18.6 Å². The van der Waals surface area contributed by atoms with Crippen molar-refractivity contribution >= 4 is 15.8 Å². The van der Waals surface area contributed by atoms with Gasteiger partial charge in [0.2, 0.25) is 0 Å².